The fourth-order valence-corrected chi connectivity index (χ4v) is 3.09. The number of thiazole rings is 1. The van der Waals surface area contributed by atoms with Crippen molar-refractivity contribution in [2.75, 3.05) is 31.6 Å². The van der Waals surface area contributed by atoms with Crippen LogP contribution >= 0.6 is 11.3 Å². The summed E-state index contributed by atoms with van der Waals surface area (Å²) in [5.74, 6) is 0.830. The Kier molecular flexibility index (Phi) is 2.83. The number of nitrogens with zero attached hydrogens (tertiary/aromatic N) is 4. The minimum atomic E-state index is 0.484. The molecule has 3 heterocycles. The van der Waals surface area contributed by atoms with E-state index in [2.05, 4.69) is 28.8 Å². The van der Waals surface area contributed by atoms with Crippen molar-refractivity contribution >= 4 is 28.4 Å². The molecule has 1 atom stereocenters. The van der Waals surface area contributed by atoms with E-state index in [-0.39, 0.29) is 0 Å². The number of imidazole rings is 1. The zero-order valence-electron chi connectivity index (χ0n) is 10.5. The number of rotatable bonds is 2. The van der Waals surface area contributed by atoms with Gasteiger partial charge in [-0.2, -0.15) is 0 Å². The Morgan fingerprint density at radius 2 is 2.33 bits per heavy atom. The van der Waals surface area contributed by atoms with Crippen molar-refractivity contribution in [2.45, 2.75) is 13.0 Å². The molecule has 0 spiro atoms. The third kappa shape index (κ3) is 1.72. The second-order valence-electron chi connectivity index (χ2n) is 4.77. The monoisotopic (exact) mass is 264 g/mol. The molecule has 1 aliphatic heterocycles. The van der Waals surface area contributed by atoms with Gasteiger partial charge in [0, 0.05) is 37.3 Å². The van der Waals surface area contributed by atoms with Gasteiger partial charge in [0.25, 0.3) is 0 Å². The highest BCUT2D eigenvalue weighted by atomic mass is 32.1. The highest BCUT2D eigenvalue weighted by Crippen LogP contribution is 2.25. The molecule has 2 aromatic rings. The fourth-order valence-electron chi connectivity index (χ4n) is 2.37. The molecule has 3 rings (SSSR count). The summed E-state index contributed by atoms with van der Waals surface area (Å²) < 4.78 is 1.87. The van der Waals surface area contributed by atoms with E-state index in [1.807, 2.05) is 16.0 Å². The normalized spacial score (nSPS) is 21.7. The van der Waals surface area contributed by atoms with Gasteiger partial charge in [0.15, 0.2) is 17.1 Å². The molecule has 6 heteroatoms. The van der Waals surface area contributed by atoms with Gasteiger partial charge in [-0.3, -0.25) is 9.20 Å². The topological polar surface area (TPSA) is 40.9 Å². The number of piperazine rings is 1. The molecule has 0 N–H and O–H groups in total. The number of hydrogen-bond acceptors (Lipinski definition) is 5. The summed E-state index contributed by atoms with van der Waals surface area (Å²) in [6.07, 6.45) is 2.81. The van der Waals surface area contributed by atoms with E-state index in [0.717, 1.165) is 36.7 Å². The van der Waals surface area contributed by atoms with E-state index < -0.39 is 0 Å². The standard InChI is InChI=1S/C12H16N4OS/c1-9-7-15(4-3-14(9)2)11-10(8-17)16-5-6-18-12(16)13-11/h5-6,8-9H,3-4,7H2,1-2H3. The molecule has 1 unspecified atom stereocenters. The van der Waals surface area contributed by atoms with Crippen molar-refractivity contribution in [1.29, 1.82) is 0 Å². The Morgan fingerprint density at radius 3 is 3.06 bits per heavy atom. The molecule has 0 aliphatic carbocycles. The quantitative estimate of drug-likeness (QED) is 0.768. The maximum Gasteiger partial charge on any atom is 0.196 e. The molecular weight excluding hydrogens is 248 g/mol. The van der Waals surface area contributed by atoms with Crippen LogP contribution in [-0.4, -0.2) is 53.3 Å². The average molecular weight is 264 g/mol. The van der Waals surface area contributed by atoms with Crippen molar-refractivity contribution in [2.24, 2.45) is 0 Å². The number of anilines is 1. The van der Waals surface area contributed by atoms with E-state index in [9.17, 15) is 4.79 Å². The van der Waals surface area contributed by atoms with Crippen LogP contribution in [0.1, 0.15) is 17.4 Å². The Balaban J connectivity index is 1.98. The molecule has 1 saturated heterocycles. The first-order valence-electron chi connectivity index (χ1n) is 6.06. The fraction of sp³-hybridized carbons (Fsp3) is 0.500. The molecule has 96 valence electrons. The second-order valence-corrected chi connectivity index (χ2v) is 5.64. The van der Waals surface area contributed by atoms with E-state index in [0.29, 0.717) is 11.7 Å². The minimum absolute atomic E-state index is 0.484. The van der Waals surface area contributed by atoms with Crippen LogP contribution in [0.25, 0.3) is 4.96 Å². The minimum Gasteiger partial charge on any atom is -0.352 e. The first kappa shape index (κ1) is 11.7. The number of aldehydes is 1. The van der Waals surface area contributed by atoms with Gasteiger partial charge in [-0.05, 0) is 14.0 Å². The second kappa shape index (κ2) is 4.37. The number of carbonyl (C=O) groups excluding carboxylic acids is 1. The van der Waals surface area contributed by atoms with Crippen molar-refractivity contribution < 1.29 is 4.79 Å². The predicted molar refractivity (Wildman–Crippen MR) is 72.8 cm³/mol. The van der Waals surface area contributed by atoms with E-state index in [1.165, 1.54) is 0 Å². The van der Waals surface area contributed by atoms with Gasteiger partial charge in [-0.15, -0.1) is 11.3 Å². The van der Waals surface area contributed by atoms with Crippen molar-refractivity contribution in [3.8, 4) is 0 Å². The first-order valence-corrected chi connectivity index (χ1v) is 6.94. The molecule has 1 fully saturated rings. The van der Waals surface area contributed by atoms with Gasteiger partial charge in [0.05, 0.1) is 0 Å². The maximum atomic E-state index is 11.3. The molecule has 0 amide bonds. The lowest BCUT2D eigenvalue weighted by atomic mass is 10.2. The number of aromatic nitrogens is 2. The Bertz CT molecular complexity index is 576. The summed E-state index contributed by atoms with van der Waals surface area (Å²) in [5, 5.41) is 1.95. The van der Waals surface area contributed by atoms with E-state index >= 15 is 0 Å². The Morgan fingerprint density at radius 1 is 1.50 bits per heavy atom. The van der Waals surface area contributed by atoms with Crippen LogP contribution < -0.4 is 4.90 Å². The number of carbonyl (C=O) groups is 1. The molecule has 0 aromatic carbocycles. The molecule has 0 saturated carbocycles. The van der Waals surface area contributed by atoms with E-state index in [4.69, 9.17) is 0 Å². The summed E-state index contributed by atoms with van der Waals surface area (Å²) in [6.45, 7) is 5.05. The molecule has 0 radical (unpaired) electrons. The van der Waals surface area contributed by atoms with Crippen LogP contribution in [0.4, 0.5) is 5.82 Å². The summed E-state index contributed by atoms with van der Waals surface area (Å²) in [7, 11) is 2.13. The SMILES string of the molecule is CC1CN(c2nc3sccn3c2C=O)CCN1C. The van der Waals surface area contributed by atoms with Crippen LogP contribution in [-0.2, 0) is 0 Å². The molecule has 0 bridgehead atoms. The van der Waals surface area contributed by atoms with Crippen LogP contribution in [0, 0.1) is 0 Å². The Hall–Kier alpha value is -1.40. The van der Waals surface area contributed by atoms with Gasteiger partial charge < -0.3 is 9.80 Å². The molecule has 1 aliphatic rings. The van der Waals surface area contributed by atoms with Gasteiger partial charge in [0.2, 0.25) is 0 Å². The lowest BCUT2D eigenvalue weighted by molar-refractivity contribution is 0.111. The zero-order chi connectivity index (χ0) is 12.7. The lowest BCUT2D eigenvalue weighted by Crippen LogP contribution is -2.50. The van der Waals surface area contributed by atoms with E-state index in [1.54, 1.807) is 11.3 Å². The molecular formula is C12H16N4OS. The highest BCUT2D eigenvalue weighted by Gasteiger charge is 2.25. The van der Waals surface area contributed by atoms with Crippen LogP contribution in [0.3, 0.4) is 0 Å². The van der Waals surface area contributed by atoms with Gasteiger partial charge in [-0.25, -0.2) is 4.98 Å². The smallest absolute Gasteiger partial charge is 0.196 e. The summed E-state index contributed by atoms with van der Waals surface area (Å²) in [4.78, 5) is 21.3. The zero-order valence-corrected chi connectivity index (χ0v) is 11.4. The Labute approximate surface area is 110 Å². The summed E-state index contributed by atoms with van der Waals surface area (Å²) >= 11 is 1.56. The number of fused-ring (bicyclic) bond motifs is 1. The highest BCUT2D eigenvalue weighted by molar-refractivity contribution is 7.15. The molecule has 2 aromatic heterocycles. The number of likely N-dealkylation sites (N-methyl/N-ethyl adjacent to an activating group) is 1. The van der Waals surface area contributed by atoms with Crippen molar-refractivity contribution in [1.82, 2.24) is 14.3 Å². The van der Waals surface area contributed by atoms with Crippen LogP contribution in [0.5, 0.6) is 0 Å². The average Bonchev–Trinajstić information content (AvgIpc) is 2.92. The largest absolute Gasteiger partial charge is 0.352 e. The van der Waals surface area contributed by atoms with Gasteiger partial charge in [0.1, 0.15) is 5.69 Å². The van der Waals surface area contributed by atoms with Crippen LogP contribution in [0.15, 0.2) is 11.6 Å². The third-order valence-corrected chi connectivity index (χ3v) is 4.41. The first-order chi connectivity index (χ1) is 8.70. The maximum absolute atomic E-state index is 11.3. The number of hydrogen-bond donors (Lipinski definition) is 0. The summed E-state index contributed by atoms with van der Waals surface area (Å²) in [6, 6.07) is 0.484. The van der Waals surface area contributed by atoms with Gasteiger partial charge in [-0.1, -0.05) is 0 Å². The van der Waals surface area contributed by atoms with Crippen LogP contribution in [0.2, 0.25) is 0 Å². The molecule has 5 nitrogen and oxygen atoms in total. The van der Waals surface area contributed by atoms with Gasteiger partial charge >= 0.3 is 0 Å². The molecule has 18 heavy (non-hydrogen) atoms. The predicted octanol–water partition coefficient (Wildman–Crippen LogP) is 1.35. The lowest BCUT2D eigenvalue weighted by Gasteiger charge is -2.38. The third-order valence-electron chi connectivity index (χ3n) is 3.65. The summed E-state index contributed by atoms with van der Waals surface area (Å²) in [5.41, 5.74) is 0.669. The van der Waals surface area contributed by atoms with Crippen molar-refractivity contribution in [3.05, 3.63) is 17.3 Å². The van der Waals surface area contributed by atoms with Crippen molar-refractivity contribution in [3.63, 3.8) is 0 Å².